The molecule has 26 heavy (non-hydrogen) atoms. The highest BCUT2D eigenvalue weighted by molar-refractivity contribution is 6.33. The molecule has 4 aromatic rings. The molecule has 0 aliphatic rings. The maximum Gasteiger partial charge on any atom is 0.174 e. The van der Waals surface area contributed by atoms with E-state index in [0.29, 0.717) is 23.2 Å². The number of rotatable bonds is 6. The van der Waals surface area contributed by atoms with E-state index in [-0.39, 0.29) is 0 Å². The Morgan fingerprint density at radius 1 is 1.08 bits per heavy atom. The van der Waals surface area contributed by atoms with Crippen LogP contribution < -0.4 is 5.32 Å². The van der Waals surface area contributed by atoms with Gasteiger partial charge in [-0.3, -0.25) is 9.97 Å². The second-order valence-electron chi connectivity index (χ2n) is 5.50. The number of hydrogen-bond acceptors (Lipinski definition) is 8. The topological polar surface area (TPSA) is 118 Å². The monoisotopic (exact) mass is 367 g/mol. The van der Waals surface area contributed by atoms with Crippen molar-refractivity contribution in [1.29, 1.82) is 0 Å². The number of halogens is 1. The van der Waals surface area contributed by atoms with Crippen LogP contribution in [0.3, 0.4) is 0 Å². The summed E-state index contributed by atoms with van der Waals surface area (Å²) in [5.41, 5.74) is 1.47. The zero-order valence-corrected chi connectivity index (χ0v) is 14.3. The van der Waals surface area contributed by atoms with Gasteiger partial charge in [-0.25, -0.2) is 9.97 Å². The van der Waals surface area contributed by atoms with Crippen LogP contribution in [0.1, 0.15) is 12.2 Å². The minimum Gasteiger partial charge on any atom is -0.369 e. The Morgan fingerprint density at radius 3 is 2.81 bits per heavy atom. The minimum atomic E-state index is 0.499. The van der Waals surface area contributed by atoms with Gasteiger partial charge in [-0.1, -0.05) is 16.8 Å². The van der Waals surface area contributed by atoms with Crippen molar-refractivity contribution in [2.24, 2.45) is 0 Å². The van der Waals surface area contributed by atoms with Crippen LogP contribution in [-0.2, 0) is 6.42 Å². The number of aromatic amines is 1. The quantitative estimate of drug-likeness (QED) is 0.498. The minimum absolute atomic E-state index is 0.499. The summed E-state index contributed by atoms with van der Waals surface area (Å²) in [5.74, 6) is 1.94. The van der Waals surface area contributed by atoms with Gasteiger partial charge >= 0.3 is 0 Å². The van der Waals surface area contributed by atoms with Gasteiger partial charge in [0.05, 0.1) is 16.7 Å². The summed E-state index contributed by atoms with van der Waals surface area (Å²) in [6, 6.07) is 3.68. The van der Waals surface area contributed by atoms with Crippen LogP contribution in [0.15, 0.2) is 36.9 Å². The van der Waals surface area contributed by atoms with Crippen LogP contribution in [-0.4, -0.2) is 47.1 Å². The van der Waals surface area contributed by atoms with Crippen LogP contribution in [0.25, 0.3) is 22.3 Å². The number of anilines is 1. The van der Waals surface area contributed by atoms with Crippen molar-refractivity contribution in [2.45, 2.75) is 12.8 Å². The molecule has 0 radical (unpaired) electrons. The SMILES string of the molecule is Clc1cnccc1-c1nc(NCCCc2nn[nH]n2)c2ccncc2n1. The van der Waals surface area contributed by atoms with Crippen molar-refractivity contribution in [3.8, 4) is 11.4 Å². The van der Waals surface area contributed by atoms with Gasteiger partial charge in [0.1, 0.15) is 5.82 Å². The van der Waals surface area contributed by atoms with Crippen LogP contribution in [0.2, 0.25) is 5.02 Å². The largest absolute Gasteiger partial charge is 0.369 e. The van der Waals surface area contributed by atoms with Crippen LogP contribution in [0, 0.1) is 0 Å². The molecule has 10 heteroatoms. The molecule has 4 aromatic heterocycles. The van der Waals surface area contributed by atoms with E-state index in [1.165, 1.54) is 0 Å². The zero-order valence-electron chi connectivity index (χ0n) is 13.6. The fourth-order valence-electron chi connectivity index (χ4n) is 2.53. The van der Waals surface area contributed by atoms with Gasteiger partial charge in [0, 0.05) is 42.5 Å². The van der Waals surface area contributed by atoms with Crippen molar-refractivity contribution in [3.05, 3.63) is 47.8 Å². The Hall–Kier alpha value is -3.20. The summed E-state index contributed by atoms with van der Waals surface area (Å²) in [6.45, 7) is 0.701. The molecule has 0 aromatic carbocycles. The van der Waals surface area contributed by atoms with Crippen molar-refractivity contribution in [1.82, 2.24) is 40.6 Å². The second-order valence-corrected chi connectivity index (χ2v) is 5.91. The number of nitrogens with zero attached hydrogens (tertiary/aromatic N) is 7. The number of aromatic nitrogens is 8. The van der Waals surface area contributed by atoms with E-state index in [2.05, 4.69) is 45.9 Å². The maximum absolute atomic E-state index is 6.24. The number of fused-ring (bicyclic) bond motifs is 1. The van der Waals surface area contributed by atoms with Gasteiger partial charge in [0.25, 0.3) is 0 Å². The third kappa shape index (κ3) is 3.42. The first-order valence-corrected chi connectivity index (χ1v) is 8.37. The molecule has 0 unspecified atom stereocenters. The Kier molecular flexibility index (Phi) is 4.61. The summed E-state index contributed by atoms with van der Waals surface area (Å²) in [6.07, 6.45) is 8.22. The zero-order chi connectivity index (χ0) is 17.8. The molecule has 0 spiro atoms. The van der Waals surface area contributed by atoms with Gasteiger partial charge in [-0.05, 0) is 18.6 Å². The number of aryl methyl sites for hydroxylation is 1. The Labute approximate surface area is 153 Å². The molecule has 0 amide bonds. The molecule has 0 atom stereocenters. The van der Waals surface area contributed by atoms with Gasteiger partial charge < -0.3 is 5.32 Å². The third-order valence-corrected chi connectivity index (χ3v) is 4.07. The average Bonchev–Trinajstić information content (AvgIpc) is 3.19. The molecule has 0 bridgehead atoms. The van der Waals surface area contributed by atoms with Crippen molar-refractivity contribution < 1.29 is 0 Å². The summed E-state index contributed by atoms with van der Waals surface area (Å²) >= 11 is 6.24. The molecule has 4 rings (SSSR count). The van der Waals surface area contributed by atoms with Crippen LogP contribution >= 0.6 is 11.6 Å². The molecule has 4 heterocycles. The van der Waals surface area contributed by atoms with Gasteiger partial charge in [-0.2, -0.15) is 5.21 Å². The van der Waals surface area contributed by atoms with Crippen molar-refractivity contribution >= 4 is 28.3 Å². The number of hydrogen-bond donors (Lipinski definition) is 2. The highest BCUT2D eigenvalue weighted by atomic mass is 35.5. The number of pyridine rings is 2. The maximum atomic E-state index is 6.24. The average molecular weight is 368 g/mol. The van der Waals surface area contributed by atoms with E-state index in [1.807, 2.05) is 6.07 Å². The first-order valence-electron chi connectivity index (χ1n) is 7.99. The predicted octanol–water partition coefficient (Wildman–Crippen LogP) is 2.30. The van der Waals surface area contributed by atoms with E-state index >= 15 is 0 Å². The molecule has 0 aliphatic carbocycles. The lowest BCUT2D eigenvalue weighted by atomic mass is 10.2. The molecule has 0 aliphatic heterocycles. The summed E-state index contributed by atoms with van der Waals surface area (Å²) in [7, 11) is 0. The normalized spacial score (nSPS) is 11.0. The predicted molar refractivity (Wildman–Crippen MR) is 96.6 cm³/mol. The molecule has 0 saturated heterocycles. The van der Waals surface area contributed by atoms with Gasteiger partial charge in [-0.15, -0.1) is 10.2 Å². The van der Waals surface area contributed by atoms with E-state index < -0.39 is 0 Å². The molecule has 9 nitrogen and oxygen atoms in total. The molecular weight excluding hydrogens is 354 g/mol. The standard InChI is InChI=1S/C16H14ClN9/c17-12-8-18-6-3-10(12)16-21-13-9-19-7-4-11(13)15(22-16)20-5-1-2-14-23-25-26-24-14/h3-4,6-9H,1-2,5H2,(H,20,21,22)(H,23,24,25,26). The Balaban J connectivity index is 1.61. The first-order chi connectivity index (χ1) is 12.8. The highest BCUT2D eigenvalue weighted by Crippen LogP contribution is 2.28. The molecular formula is C16H14ClN9. The summed E-state index contributed by atoms with van der Waals surface area (Å²) in [5, 5.41) is 18.6. The second kappa shape index (κ2) is 7.36. The number of nitrogens with one attached hydrogen (secondary N) is 2. The lowest BCUT2D eigenvalue weighted by Gasteiger charge is -2.11. The molecule has 0 saturated carbocycles. The third-order valence-electron chi connectivity index (χ3n) is 3.77. The smallest absolute Gasteiger partial charge is 0.174 e. The van der Waals surface area contributed by atoms with E-state index in [4.69, 9.17) is 11.6 Å². The molecule has 2 N–H and O–H groups in total. The fraction of sp³-hybridized carbons (Fsp3) is 0.188. The number of H-pyrrole nitrogens is 1. The van der Waals surface area contributed by atoms with Crippen molar-refractivity contribution in [3.63, 3.8) is 0 Å². The summed E-state index contributed by atoms with van der Waals surface area (Å²) < 4.78 is 0. The van der Waals surface area contributed by atoms with Crippen molar-refractivity contribution in [2.75, 3.05) is 11.9 Å². The molecule has 130 valence electrons. The van der Waals surface area contributed by atoms with Gasteiger partial charge in [0.2, 0.25) is 0 Å². The Morgan fingerprint density at radius 2 is 1.96 bits per heavy atom. The first kappa shape index (κ1) is 16.3. The van der Waals surface area contributed by atoms with E-state index in [1.54, 1.807) is 30.9 Å². The van der Waals surface area contributed by atoms with Gasteiger partial charge in [0.15, 0.2) is 11.6 Å². The number of tetrazole rings is 1. The van der Waals surface area contributed by atoms with E-state index in [9.17, 15) is 0 Å². The lowest BCUT2D eigenvalue weighted by molar-refractivity contribution is 0.802. The summed E-state index contributed by atoms with van der Waals surface area (Å²) in [4.78, 5) is 17.4. The van der Waals surface area contributed by atoms with Crippen LogP contribution in [0.4, 0.5) is 5.82 Å². The Bertz CT molecular complexity index is 1020. The molecule has 0 fully saturated rings. The lowest BCUT2D eigenvalue weighted by Crippen LogP contribution is -2.07. The fourth-order valence-corrected chi connectivity index (χ4v) is 2.74. The highest BCUT2D eigenvalue weighted by Gasteiger charge is 2.12. The van der Waals surface area contributed by atoms with E-state index in [0.717, 1.165) is 35.1 Å². The van der Waals surface area contributed by atoms with Crippen LogP contribution in [0.5, 0.6) is 0 Å².